The van der Waals surface area contributed by atoms with E-state index in [1.807, 2.05) is 29.2 Å². The van der Waals surface area contributed by atoms with Gasteiger partial charge in [0.15, 0.2) is 10.9 Å². The minimum atomic E-state index is -0.405. The molecule has 1 N–H and O–H groups in total. The summed E-state index contributed by atoms with van der Waals surface area (Å²) in [5.41, 5.74) is 2.67. The molecule has 0 spiro atoms. The molecule has 29 heavy (non-hydrogen) atoms. The van der Waals surface area contributed by atoms with Crippen LogP contribution in [0.25, 0.3) is 11.0 Å². The standard InChI is InChI=1S/C21H21FN4O2S/c1-14(27)15-6-7-19(16(22)12-15)25-8-10-26(11-9-25)20(28)13-29-21-23-17-4-2-3-5-18(17)24-21/h2-7,12H,8-11,13H2,1H3,(H,23,24). The Labute approximate surface area is 172 Å². The predicted octanol–water partition coefficient (Wildman–Crippen LogP) is 3.35. The van der Waals surface area contributed by atoms with Crippen LogP contribution in [0.1, 0.15) is 17.3 Å². The number of nitrogens with one attached hydrogen (secondary N) is 1. The van der Waals surface area contributed by atoms with Crippen molar-refractivity contribution >= 4 is 40.2 Å². The third-order valence-corrected chi connectivity index (χ3v) is 5.89. The second kappa shape index (κ2) is 8.24. The van der Waals surface area contributed by atoms with E-state index in [0.717, 1.165) is 16.2 Å². The van der Waals surface area contributed by atoms with E-state index in [9.17, 15) is 14.0 Å². The van der Waals surface area contributed by atoms with E-state index in [4.69, 9.17) is 0 Å². The minimum absolute atomic E-state index is 0.0440. The maximum atomic E-state index is 14.4. The monoisotopic (exact) mass is 412 g/mol. The van der Waals surface area contributed by atoms with Gasteiger partial charge in [0.2, 0.25) is 5.91 Å². The number of piperazine rings is 1. The lowest BCUT2D eigenvalue weighted by Crippen LogP contribution is -2.49. The van der Waals surface area contributed by atoms with Gasteiger partial charge >= 0.3 is 0 Å². The molecule has 1 amide bonds. The van der Waals surface area contributed by atoms with Crippen molar-refractivity contribution in [3.63, 3.8) is 0 Å². The number of thioether (sulfide) groups is 1. The molecular weight excluding hydrogens is 391 g/mol. The molecule has 1 aromatic heterocycles. The number of para-hydroxylation sites is 2. The lowest BCUT2D eigenvalue weighted by molar-refractivity contribution is -0.128. The number of imidazole rings is 1. The van der Waals surface area contributed by atoms with Crippen LogP contribution in [0.5, 0.6) is 0 Å². The van der Waals surface area contributed by atoms with E-state index in [1.54, 1.807) is 17.0 Å². The summed E-state index contributed by atoms with van der Waals surface area (Å²) >= 11 is 1.39. The van der Waals surface area contributed by atoms with Gasteiger partial charge < -0.3 is 14.8 Å². The highest BCUT2D eigenvalue weighted by molar-refractivity contribution is 7.99. The summed E-state index contributed by atoms with van der Waals surface area (Å²) < 4.78 is 14.4. The van der Waals surface area contributed by atoms with Crippen molar-refractivity contribution in [3.8, 4) is 0 Å². The van der Waals surface area contributed by atoms with Gasteiger partial charge in [0.1, 0.15) is 5.82 Å². The molecular formula is C21H21FN4O2S. The van der Waals surface area contributed by atoms with Crippen LogP contribution in [0.3, 0.4) is 0 Å². The number of nitrogens with zero attached hydrogens (tertiary/aromatic N) is 3. The average Bonchev–Trinajstić information content (AvgIpc) is 3.15. The van der Waals surface area contributed by atoms with Crippen LogP contribution < -0.4 is 4.90 Å². The lowest BCUT2D eigenvalue weighted by Gasteiger charge is -2.36. The molecule has 0 bridgehead atoms. The Kier molecular flexibility index (Phi) is 5.53. The number of benzene rings is 2. The molecule has 2 aromatic carbocycles. The number of halogens is 1. The molecule has 1 fully saturated rings. The van der Waals surface area contributed by atoms with Crippen molar-refractivity contribution in [3.05, 3.63) is 53.8 Å². The SMILES string of the molecule is CC(=O)c1ccc(N2CCN(C(=O)CSc3nc4ccccc4[nH]3)CC2)c(F)c1. The third-order valence-electron chi connectivity index (χ3n) is 5.03. The highest BCUT2D eigenvalue weighted by Gasteiger charge is 2.23. The lowest BCUT2D eigenvalue weighted by atomic mass is 10.1. The van der Waals surface area contributed by atoms with Gasteiger partial charge in [-0.05, 0) is 37.3 Å². The third kappa shape index (κ3) is 4.27. The molecule has 1 aliphatic heterocycles. The normalized spacial score (nSPS) is 14.4. The second-order valence-electron chi connectivity index (χ2n) is 6.94. The van der Waals surface area contributed by atoms with Gasteiger partial charge in [0, 0.05) is 31.7 Å². The molecule has 0 radical (unpaired) electrons. The molecule has 0 unspecified atom stereocenters. The average molecular weight is 412 g/mol. The van der Waals surface area contributed by atoms with Gasteiger partial charge in [0.25, 0.3) is 0 Å². The summed E-state index contributed by atoms with van der Waals surface area (Å²) in [5.74, 6) is -0.213. The molecule has 0 atom stereocenters. The number of anilines is 1. The molecule has 0 saturated carbocycles. The van der Waals surface area contributed by atoms with E-state index in [2.05, 4.69) is 9.97 Å². The molecule has 0 aliphatic carbocycles. The van der Waals surface area contributed by atoms with Crippen LogP contribution in [0.2, 0.25) is 0 Å². The van der Waals surface area contributed by atoms with Crippen LogP contribution in [-0.2, 0) is 4.79 Å². The van der Waals surface area contributed by atoms with E-state index >= 15 is 0 Å². The first-order valence-electron chi connectivity index (χ1n) is 9.42. The maximum absolute atomic E-state index is 14.4. The van der Waals surface area contributed by atoms with Crippen molar-refractivity contribution in [2.24, 2.45) is 0 Å². The van der Waals surface area contributed by atoms with Crippen LogP contribution in [0.4, 0.5) is 10.1 Å². The number of ketones is 1. The number of carbonyl (C=O) groups is 2. The second-order valence-corrected chi connectivity index (χ2v) is 7.90. The minimum Gasteiger partial charge on any atom is -0.366 e. The fourth-order valence-electron chi connectivity index (χ4n) is 3.40. The largest absolute Gasteiger partial charge is 0.366 e. The van der Waals surface area contributed by atoms with Gasteiger partial charge in [-0.2, -0.15) is 0 Å². The summed E-state index contributed by atoms with van der Waals surface area (Å²) in [5, 5.41) is 0.728. The number of aromatic nitrogens is 2. The van der Waals surface area contributed by atoms with Crippen LogP contribution in [0.15, 0.2) is 47.6 Å². The van der Waals surface area contributed by atoms with Crippen LogP contribution in [-0.4, -0.2) is 58.5 Å². The van der Waals surface area contributed by atoms with E-state index in [0.29, 0.717) is 43.2 Å². The molecule has 2 heterocycles. The maximum Gasteiger partial charge on any atom is 0.233 e. The first-order valence-corrected chi connectivity index (χ1v) is 10.4. The Bertz CT molecular complexity index is 1030. The Balaban J connectivity index is 1.32. The predicted molar refractivity (Wildman–Crippen MR) is 112 cm³/mol. The zero-order valence-electron chi connectivity index (χ0n) is 16.0. The number of hydrogen-bond acceptors (Lipinski definition) is 5. The number of H-pyrrole nitrogens is 1. The highest BCUT2D eigenvalue weighted by atomic mass is 32.2. The number of aromatic amines is 1. The Morgan fingerprint density at radius 3 is 2.59 bits per heavy atom. The van der Waals surface area contributed by atoms with Gasteiger partial charge in [-0.25, -0.2) is 9.37 Å². The van der Waals surface area contributed by atoms with Crippen molar-refractivity contribution in [1.82, 2.24) is 14.9 Å². The van der Waals surface area contributed by atoms with Gasteiger partial charge in [-0.3, -0.25) is 9.59 Å². The number of fused-ring (bicyclic) bond motifs is 1. The summed E-state index contributed by atoms with van der Waals surface area (Å²) in [6.07, 6.45) is 0. The zero-order chi connectivity index (χ0) is 20.4. The van der Waals surface area contributed by atoms with Crippen molar-refractivity contribution in [1.29, 1.82) is 0 Å². The van der Waals surface area contributed by atoms with E-state index in [1.165, 1.54) is 24.8 Å². The van der Waals surface area contributed by atoms with Crippen molar-refractivity contribution in [2.75, 3.05) is 36.8 Å². The Morgan fingerprint density at radius 2 is 1.90 bits per heavy atom. The summed E-state index contributed by atoms with van der Waals surface area (Å²) in [7, 11) is 0. The summed E-state index contributed by atoms with van der Waals surface area (Å²) in [4.78, 5) is 35.3. The molecule has 4 rings (SSSR count). The van der Waals surface area contributed by atoms with Crippen LogP contribution in [0, 0.1) is 5.82 Å². The number of rotatable bonds is 5. The Hall–Kier alpha value is -2.87. The molecule has 1 aliphatic rings. The smallest absolute Gasteiger partial charge is 0.233 e. The fraction of sp³-hybridized carbons (Fsp3) is 0.286. The highest BCUT2D eigenvalue weighted by Crippen LogP contribution is 2.23. The first-order chi connectivity index (χ1) is 14.0. The molecule has 150 valence electrons. The van der Waals surface area contributed by atoms with Crippen molar-refractivity contribution < 1.29 is 14.0 Å². The number of hydrogen-bond donors (Lipinski definition) is 1. The quantitative estimate of drug-likeness (QED) is 0.514. The summed E-state index contributed by atoms with van der Waals surface area (Å²) in [6, 6.07) is 12.3. The Morgan fingerprint density at radius 1 is 1.14 bits per heavy atom. The molecule has 1 saturated heterocycles. The zero-order valence-corrected chi connectivity index (χ0v) is 16.8. The molecule has 6 nitrogen and oxygen atoms in total. The number of carbonyl (C=O) groups excluding carboxylic acids is 2. The van der Waals surface area contributed by atoms with E-state index < -0.39 is 5.82 Å². The van der Waals surface area contributed by atoms with Crippen LogP contribution >= 0.6 is 11.8 Å². The topological polar surface area (TPSA) is 69.3 Å². The fourth-order valence-corrected chi connectivity index (χ4v) is 4.19. The molecule has 8 heteroatoms. The van der Waals surface area contributed by atoms with Crippen molar-refractivity contribution in [2.45, 2.75) is 12.1 Å². The first kappa shape index (κ1) is 19.4. The molecule has 3 aromatic rings. The van der Waals surface area contributed by atoms with Gasteiger partial charge in [0.05, 0.1) is 22.5 Å². The number of amides is 1. The van der Waals surface area contributed by atoms with Gasteiger partial charge in [-0.15, -0.1) is 0 Å². The van der Waals surface area contributed by atoms with E-state index in [-0.39, 0.29) is 11.7 Å². The number of Topliss-reactive ketones (excluding diaryl/α,β-unsaturated/α-hetero) is 1. The summed E-state index contributed by atoms with van der Waals surface area (Å²) in [6.45, 7) is 3.60. The van der Waals surface area contributed by atoms with Gasteiger partial charge in [-0.1, -0.05) is 23.9 Å².